The second-order valence-electron chi connectivity index (χ2n) is 13.4. The molecular weight excluding hydrogens is 709 g/mol. The third-order valence-corrected chi connectivity index (χ3v) is 9.19. The number of hydrogen-bond donors (Lipinski definition) is 3. The summed E-state index contributed by atoms with van der Waals surface area (Å²) >= 11 is 0. The van der Waals surface area contributed by atoms with Gasteiger partial charge in [-0.15, -0.1) is 0 Å². The van der Waals surface area contributed by atoms with Gasteiger partial charge in [0.05, 0.1) is 13.2 Å². The van der Waals surface area contributed by atoms with E-state index in [9.17, 15) is 23.8 Å². The number of hydrogen-bond acceptors (Lipinski definition) is 9. The molecule has 0 spiro atoms. The molecule has 0 saturated heterocycles. The molecule has 11 nitrogen and oxygen atoms in total. The van der Waals surface area contributed by atoms with Gasteiger partial charge in [0.1, 0.15) is 12.6 Å². The molecular formula is C42H72NO10P. The van der Waals surface area contributed by atoms with E-state index in [-0.39, 0.29) is 19.4 Å². The Morgan fingerprint density at radius 1 is 0.574 bits per heavy atom. The van der Waals surface area contributed by atoms with E-state index in [0.29, 0.717) is 19.3 Å². The van der Waals surface area contributed by atoms with Gasteiger partial charge in [0.2, 0.25) is 0 Å². The first-order valence-corrected chi connectivity index (χ1v) is 21.8. The fourth-order valence-electron chi connectivity index (χ4n) is 4.99. The number of rotatable bonds is 37. The van der Waals surface area contributed by atoms with Crippen molar-refractivity contribution < 1.29 is 47.5 Å². The summed E-state index contributed by atoms with van der Waals surface area (Å²) in [4.78, 5) is 45.8. The Balaban J connectivity index is 4.52. The second kappa shape index (κ2) is 37.1. The first-order chi connectivity index (χ1) is 26.1. The number of aliphatic carboxylic acids is 1. The van der Waals surface area contributed by atoms with Crippen LogP contribution >= 0.6 is 7.82 Å². The SMILES string of the molecule is CCCCC/C=C\C/C=C\C/C=C\C/C=C\CCCC(=O)OC[C@H](COP(=O)(O)OC[C@H](N)C(=O)O)OC(=O)CCCCCCC/C=C\CCCCCC. The van der Waals surface area contributed by atoms with E-state index < -0.39 is 51.1 Å². The van der Waals surface area contributed by atoms with E-state index >= 15 is 0 Å². The number of allylic oxidation sites excluding steroid dienone is 10. The smallest absolute Gasteiger partial charge is 0.472 e. The molecule has 0 aliphatic rings. The van der Waals surface area contributed by atoms with E-state index in [0.717, 1.165) is 64.2 Å². The predicted octanol–water partition coefficient (Wildman–Crippen LogP) is 10.4. The number of carbonyl (C=O) groups excluding carboxylic acids is 2. The molecule has 4 N–H and O–H groups in total. The van der Waals surface area contributed by atoms with E-state index in [4.69, 9.17) is 24.8 Å². The number of carboxylic acid groups (broad SMARTS) is 1. The van der Waals surface area contributed by atoms with Crippen LogP contribution < -0.4 is 5.73 Å². The van der Waals surface area contributed by atoms with Crippen LogP contribution in [0.4, 0.5) is 0 Å². The summed E-state index contributed by atoms with van der Waals surface area (Å²) in [5.41, 5.74) is 5.32. The highest BCUT2D eigenvalue weighted by atomic mass is 31.2. The van der Waals surface area contributed by atoms with Crippen molar-refractivity contribution in [2.45, 2.75) is 167 Å². The summed E-state index contributed by atoms with van der Waals surface area (Å²) in [6.07, 6.45) is 41.5. The predicted molar refractivity (Wildman–Crippen MR) is 217 cm³/mol. The van der Waals surface area contributed by atoms with Gasteiger partial charge >= 0.3 is 25.7 Å². The molecule has 0 aliphatic carbocycles. The van der Waals surface area contributed by atoms with Gasteiger partial charge < -0.3 is 25.2 Å². The van der Waals surface area contributed by atoms with Crippen molar-refractivity contribution in [2.24, 2.45) is 5.73 Å². The van der Waals surface area contributed by atoms with E-state index in [1.54, 1.807) is 0 Å². The number of nitrogens with two attached hydrogens (primary N) is 1. The molecule has 310 valence electrons. The fraction of sp³-hybridized carbons (Fsp3) is 0.690. The number of ether oxygens (including phenoxy) is 2. The largest absolute Gasteiger partial charge is 0.480 e. The summed E-state index contributed by atoms with van der Waals surface area (Å²) in [7, 11) is -4.73. The van der Waals surface area contributed by atoms with Gasteiger partial charge in [-0.1, -0.05) is 126 Å². The van der Waals surface area contributed by atoms with Crippen molar-refractivity contribution in [3.8, 4) is 0 Å². The number of unbranched alkanes of at least 4 members (excludes halogenated alkanes) is 13. The normalized spacial score (nSPS) is 14.4. The molecule has 0 aromatic heterocycles. The van der Waals surface area contributed by atoms with Crippen LogP contribution in [-0.4, -0.2) is 59.9 Å². The highest BCUT2D eigenvalue weighted by molar-refractivity contribution is 7.47. The molecule has 0 heterocycles. The lowest BCUT2D eigenvalue weighted by Gasteiger charge is -2.20. The molecule has 0 aliphatic heterocycles. The monoisotopic (exact) mass is 781 g/mol. The Kier molecular flexibility index (Phi) is 35.2. The number of phosphoric ester groups is 1. The van der Waals surface area contributed by atoms with Gasteiger partial charge in [-0.3, -0.25) is 23.4 Å². The summed E-state index contributed by atoms with van der Waals surface area (Å²) in [6, 6.07) is -1.53. The lowest BCUT2D eigenvalue weighted by molar-refractivity contribution is -0.161. The van der Waals surface area contributed by atoms with Crippen LogP contribution in [0.2, 0.25) is 0 Å². The molecule has 0 radical (unpaired) electrons. The van der Waals surface area contributed by atoms with Crippen molar-refractivity contribution in [3.05, 3.63) is 60.8 Å². The average Bonchev–Trinajstić information content (AvgIpc) is 3.14. The maximum atomic E-state index is 12.6. The Hall–Kier alpha value is -2.82. The van der Waals surface area contributed by atoms with Crippen LogP contribution in [0.25, 0.3) is 0 Å². The second-order valence-corrected chi connectivity index (χ2v) is 14.9. The number of esters is 2. The molecule has 54 heavy (non-hydrogen) atoms. The molecule has 3 atom stereocenters. The molecule has 1 unspecified atom stereocenters. The Bertz CT molecular complexity index is 1150. The summed E-state index contributed by atoms with van der Waals surface area (Å²) < 4.78 is 32.5. The van der Waals surface area contributed by atoms with Crippen LogP contribution in [0.15, 0.2) is 60.8 Å². The standard InChI is InChI=1S/C42H72NO10P/c1-3-5-7-9-11-13-15-17-18-19-20-22-23-25-27-29-31-33-40(44)50-35-38(36-51-54(48,49)52-37-39(43)42(46)47)53-41(45)34-32-30-28-26-24-21-16-14-12-10-8-6-4-2/h11,13-14,16-18,20,22,25,27,38-39H,3-10,12,15,19,21,23-24,26,28-37,43H2,1-2H3,(H,46,47)(H,48,49)/b13-11-,16-14-,18-17-,22-20-,27-25-/t38-,39+/m1/s1. The van der Waals surface area contributed by atoms with Crippen molar-refractivity contribution in [1.82, 2.24) is 0 Å². The van der Waals surface area contributed by atoms with Gasteiger partial charge in [-0.05, 0) is 77.0 Å². The van der Waals surface area contributed by atoms with Crippen molar-refractivity contribution in [1.29, 1.82) is 0 Å². The lowest BCUT2D eigenvalue weighted by Crippen LogP contribution is -2.34. The molecule has 0 amide bonds. The summed E-state index contributed by atoms with van der Waals surface area (Å²) in [5, 5.41) is 8.87. The van der Waals surface area contributed by atoms with Gasteiger partial charge in [-0.25, -0.2) is 4.57 Å². The summed E-state index contributed by atoms with van der Waals surface area (Å²) in [5.74, 6) is -2.47. The molecule has 0 bridgehead atoms. The third-order valence-electron chi connectivity index (χ3n) is 8.24. The Morgan fingerprint density at radius 3 is 1.57 bits per heavy atom. The van der Waals surface area contributed by atoms with Crippen molar-refractivity contribution in [2.75, 3.05) is 19.8 Å². The lowest BCUT2D eigenvalue weighted by atomic mass is 10.1. The van der Waals surface area contributed by atoms with Gasteiger partial charge in [0, 0.05) is 12.8 Å². The molecule has 0 aromatic carbocycles. The van der Waals surface area contributed by atoms with Crippen LogP contribution in [0, 0.1) is 0 Å². The minimum atomic E-state index is -4.73. The Morgan fingerprint density at radius 2 is 1.00 bits per heavy atom. The highest BCUT2D eigenvalue weighted by Gasteiger charge is 2.28. The van der Waals surface area contributed by atoms with E-state index in [2.05, 4.69) is 67.0 Å². The van der Waals surface area contributed by atoms with Gasteiger partial charge in [-0.2, -0.15) is 0 Å². The quantitative estimate of drug-likeness (QED) is 0.0237. The number of carboxylic acids is 1. The van der Waals surface area contributed by atoms with Crippen LogP contribution in [-0.2, 0) is 37.5 Å². The summed E-state index contributed by atoms with van der Waals surface area (Å²) in [6.45, 7) is 2.67. The molecule has 12 heteroatoms. The third kappa shape index (κ3) is 36.2. The fourth-order valence-corrected chi connectivity index (χ4v) is 5.77. The van der Waals surface area contributed by atoms with Crippen LogP contribution in [0.1, 0.15) is 155 Å². The first-order valence-electron chi connectivity index (χ1n) is 20.3. The van der Waals surface area contributed by atoms with E-state index in [1.165, 1.54) is 44.9 Å². The molecule has 0 saturated carbocycles. The van der Waals surface area contributed by atoms with Crippen molar-refractivity contribution in [3.63, 3.8) is 0 Å². The first kappa shape index (κ1) is 51.2. The van der Waals surface area contributed by atoms with E-state index in [1.807, 2.05) is 12.2 Å². The van der Waals surface area contributed by atoms with Gasteiger partial charge in [0.25, 0.3) is 0 Å². The minimum Gasteiger partial charge on any atom is -0.480 e. The minimum absolute atomic E-state index is 0.137. The average molecular weight is 782 g/mol. The molecule has 0 rings (SSSR count). The van der Waals surface area contributed by atoms with Gasteiger partial charge in [0.15, 0.2) is 6.10 Å². The zero-order valence-corrected chi connectivity index (χ0v) is 34.2. The Labute approximate surface area is 326 Å². The molecule has 0 fully saturated rings. The highest BCUT2D eigenvalue weighted by Crippen LogP contribution is 2.43. The number of phosphoric acid groups is 1. The zero-order chi connectivity index (χ0) is 40.0. The number of carbonyl (C=O) groups is 3. The van der Waals surface area contributed by atoms with Crippen LogP contribution in [0.5, 0.6) is 0 Å². The van der Waals surface area contributed by atoms with Crippen molar-refractivity contribution >= 4 is 25.7 Å². The maximum Gasteiger partial charge on any atom is 0.472 e. The zero-order valence-electron chi connectivity index (χ0n) is 33.3. The maximum absolute atomic E-state index is 12.6. The van der Waals surface area contributed by atoms with Crippen LogP contribution in [0.3, 0.4) is 0 Å². The topological polar surface area (TPSA) is 172 Å². The molecule has 0 aromatic rings.